The lowest BCUT2D eigenvalue weighted by Crippen LogP contribution is -2.29. The summed E-state index contributed by atoms with van der Waals surface area (Å²) in [6, 6.07) is 6.29. The molecular formula is C12H10Br2ClFN2S. The monoisotopic (exact) mass is 426 g/mol. The van der Waals surface area contributed by atoms with Gasteiger partial charge in [0.15, 0.2) is 0 Å². The molecule has 7 heteroatoms. The second-order valence-electron chi connectivity index (χ2n) is 3.94. The molecule has 19 heavy (non-hydrogen) atoms. The van der Waals surface area contributed by atoms with E-state index in [4.69, 9.17) is 17.4 Å². The van der Waals surface area contributed by atoms with Gasteiger partial charge in [-0.2, -0.15) is 0 Å². The van der Waals surface area contributed by atoms with Crippen molar-refractivity contribution in [2.24, 2.45) is 5.84 Å². The molecule has 1 aromatic carbocycles. The summed E-state index contributed by atoms with van der Waals surface area (Å²) in [6.07, 6.45) is 0.421. The first-order valence-corrected chi connectivity index (χ1v) is 8.14. The molecule has 0 amide bonds. The van der Waals surface area contributed by atoms with E-state index in [0.717, 1.165) is 13.1 Å². The van der Waals surface area contributed by atoms with E-state index in [1.165, 1.54) is 12.1 Å². The molecule has 1 unspecified atom stereocenters. The fourth-order valence-corrected chi connectivity index (χ4v) is 4.94. The largest absolute Gasteiger partial charge is 0.271 e. The third-order valence-corrected chi connectivity index (χ3v) is 5.31. The van der Waals surface area contributed by atoms with Crippen LogP contribution >= 0.6 is 54.8 Å². The van der Waals surface area contributed by atoms with Gasteiger partial charge in [0, 0.05) is 5.02 Å². The molecule has 1 atom stereocenters. The molecule has 0 radical (unpaired) electrons. The molecule has 0 fully saturated rings. The van der Waals surface area contributed by atoms with Gasteiger partial charge < -0.3 is 0 Å². The average molecular weight is 429 g/mol. The molecular weight excluding hydrogens is 418 g/mol. The van der Waals surface area contributed by atoms with Crippen LogP contribution in [0.5, 0.6) is 0 Å². The Morgan fingerprint density at radius 1 is 1.37 bits per heavy atom. The number of nitrogens with two attached hydrogens (primary N) is 1. The summed E-state index contributed by atoms with van der Waals surface area (Å²) in [5, 5.41) is 0.512. The molecule has 1 aromatic heterocycles. The Hall–Kier alpha value is 0.0200. The maximum absolute atomic E-state index is 13.7. The summed E-state index contributed by atoms with van der Waals surface area (Å²) in [4.78, 5) is 0. The Morgan fingerprint density at radius 2 is 2.11 bits per heavy atom. The minimum atomic E-state index is -0.282. The van der Waals surface area contributed by atoms with Gasteiger partial charge in [0.25, 0.3) is 0 Å². The van der Waals surface area contributed by atoms with E-state index in [-0.39, 0.29) is 11.9 Å². The molecule has 0 spiro atoms. The van der Waals surface area contributed by atoms with E-state index in [9.17, 15) is 4.39 Å². The summed E-state index contributed by atoms with van der Waals surface area (Å²) < 4.78 is 15.7. The zero-order valence-electron chi connectivity index (χ0n) is 9.59. The van der Waals surface area contributed by atoms with Gasteiger partial charge in [0.2, 0.25) is 0 Å². The van der Waals surface area contributed by atoms with Crippen LogP contribution in [0.3, 0.4) is 0 Å². The number of halogens is 4. The first kappa shape index (κ1) is 15.4. The predicted octanol–water partition coefficient (Wildman–Crippen LogP) is 4.81. The summed E-state index contributed by atoms with van der Waals surface area (Å²) in [7, 11) is 0. The maximum Gasteiger partial charge on any atom is 0.126 e. The SMILES string of the molecule is NNC(Cc1cc(Cl)ccc1F)c1cc(Br)sc1Br. The summed E-state index contributed by atoms with van der Waals surface area (Å²) >= 11 is 14.3. The zero-order chi connectivity index (χ0) is 14.0. The topological polar surface area (TPSA) is 38.0 Å². The number of nitrogens with one attached hydrogen (secondary N) is 1. The lowest BCUT2D eigenvalue weighted by atomic mass is 10.0. The van der Waals surface area contributed by atoms with Crippen LogP contribution in [0.1, 0.15) is 17.2 Å². The first-order valence-electron chi connectivity index (χ1n) is 5.36. The first-order chi connectivity index (χ1) is 9.01. The van der Waals surface area contributed by atoms with Gasteiger partial charge in [-0.15, -0.1) is 11.3 Å². The number of hydrogen-bond donors (Lipinski definition) is 2. The Morgan fingerprint density at radius 3 is 2.68 bits per heavy atom. The summed E-state index contributed by atoms with van der Waals surface area (Å²) in [5.74, 6) is 5.30. The van der Waals surface area contributed by atoms with Crippen molar-refractivity contribution in [3.63, 3.8) is 0 Å². The molecule has 102 valence electrons. The van der Waals surface area contributed by atoms with Crippen molar-refractivity contribution in [3.8, 4) is 0 Å². The van der Waals surface area contributed by atoms with Crippen LogP contribution in [0.25, 0.3) is 0 Å². The van der Waals surface area contributed by atoms with Gasteiger partial charge in [-0.1, -0.05) is 11.6 Å². The number of benzene rings is 1. The average Bonchev–Trinajstić information content (AvgIpc) is 2.69. The summed E-state index contributed by atoms with van der Waals surface area (Å²) in [5.41, 5.74) is 4.23. The van der Waals surface area contributed by atoms with Gasteiger partial charge in [0.1, 0.15) is 5.82 Å². The quantitative estimate of drug-likeness (QED) is 0.542. The van der Waals surface area contributed by atoms with Crippen molar-refractivity contribution in [1.82, 2.24) is 5.43 Å². The van der Waals surface area contributed by atoms with Gasteiger partial charge >= 0.3 is 0 Å². The highest BCUT2D eigenvalue weighted by molar-refractivity contribution is 9.12. The van der Waals surface area contributed by atoms with Crippen molar-refractivity contribution >= 4 is 54.8 Å². The van der Waals surface area contributed by atoms with Gasteiger partial charge in [0.05, 0.1) is 13.6 Å². The van der Waals surface area contributed by atoms with Crippen LogP contribution in [-0.4, -0.2) is 0 Å². The number of thiophene rings is 1. The Kier molecular flexibility index (Phi) is 5.39. The number of hydrogen-bond acceptors (Lipinski definition) is 3. The highest BCUT2D eigenvalue weighted by atomic mass is 79.9. The van der Waals surface area contributed by atoms with Crippen molar-refractivity contribution < 1.29 is 4.39 Å². The standard InChI is InChI=1S/C12H10Br2ClFN2S/c13-11-5-8(12(14)19-11)10(18-17)4-6-3-7(15)1-2-9(6)16/h1-3,5,10,18H,4,17H2. The zero-order valence-corrected chi connectivity index (χ0v) is 14.3. The molecule has 0 aliphatic heterocycles. The Labute approximate surface area is 136 Å². The van der Waals surface area contributed by atoms with E-state index in [1.54, 1.807) is 17.4 Å². The molecule has 0 bridgehead atoms. The summed E-state index contributed by atoms with van der Waals surface area (Å²) in [6.45, 7) is 0. The second kappa shape index (κ2) is 6.65. The molecule has 1 heterocycles. The minimum Gasteiger partial charge on any atom is -0.271 e. The van der Waals surface area contributed by atoms with E-state index in [1.807, 2.05) is 6.07 Å². The highest BCUT2D eigenvalue weighted by Crippen LogP contribution is 2.36. The van der Waals surface area contributed by atoms with Crippen molar-refractivity contribution in [1.29, 1.82) is 0 Å². The van der Waals surface area contributed by atoms with Crippen LogP contribution in [0.15, 0.2) is 31.8 Å². The van der Waals surface area contributed by atoms with Gasteiger partial charge in [-0.05, 0) is 73.7 Å². The molecule has 0 aliphatic rings. The number of rotatable bonds is 4. The third-order valence-electron chi connectivity index (χ3n) is 2.69. The van der Waals surface area contributed by atoms with E-state index < -0.39 is 0 Å². The van der Waals surface area contributed by atoms with Gasteiger partial charge in [-0.25, -0.2) is 4.39 Å². The fraction of sp³-hybridized carbons (Fsp3) is 0.167. The van der Waals surface area contributed by atoms with Crippen molar-refractivity contribution in [2.75, 3.05) is 0 Å². The molecule has 0 saturated heterocycles. The smallest absolute Gasteiger partial charge is 0.126 e. The van der Waals surface area contributed by atoms with E-state index in [0.29, 0.717) is 17.0 Å². The molecule has 2 nitrogen and oxygen atoms in total. The molecule has 3 N–H and O–H groups in total. The van der Waals surface area contributed by atoms with Gasteiger partial charge in [-0.3, -0.25) is 11.3 Å². The normalized spacial score (nSPS) is 12.7. The predicted molar refractivity (Wildman–Crippen MR) is 84.9 cm³/mol. The second-order valence-corrected chi connectivity index (χ2v) is 8.12. The molecule has 0 saturated carbocycles. The van der Waals surface area contributed by atoms with Crippen LogP contribution in [0, 0.1) is 5.82 Å². The highest BCUT2D eigenvalue weighted by Gasteiger charge is 2.18. The van der Waals surface area contributed by atoms with Crippen LogP contribution in [-0.2, 0) is 6.42 Å². The van der Waals surface area contributed by atoms with Crippen LogP contribution in [0.2, 0.25) is 5.02 Å². The van der Waals surface area contributed by atoms with E-state index >= 15 is 0 Å². The minimum absolute atomic E-state index is 0.190. The van der Waals surface area contributed by atoms with Crippen molar-refractivity contribution in [3.05, 3.63) is 53.8 Å². The molecule has 2 rings (SSSR count). The lowest BCUT2D eigenvalue weighted by molar-refractivity contribution is 0.529. The maximum atomic E-state index is 13.7. The Balaban J connectivity index is 2.29. The lowest BCUT2D eigenvalue weighted by Gasteiger charge is -2.16. The number of hydrazine groups is 1. The molecule has 0 aliphatic carbocycles. The Bertz CT molecular complexity index is 591. The van der Waals surface area contributed by atoms with Crippen molar-refractivity contribution in [2.45, 2.75) is 12.5 Å². The fourth-order valence-electron chi connectivity index (χ4n) is 1.77. The van der Waals surface area contributed by atoms with E-state index in [2.05, 4.69) is 37.3 Å². The third kappa shape index (κ3) is 3.77. The van der Waals surface area contributed by atoms with Crippen LogP contribution in [0.4, 0.5) is 4.39 Å². The van der Waals surface area contributed by atoms with Crippen LogP contribution < -0.4 is 11.3 Å². The molecule has 2 aromatic rings.